The molecule has 1 aromatic carbocycles. The first-order valence-electron chi connectivity index (χ1n) is 7.13. The molecule has 0 atom stereocenters. The van der Waals surface area contributed by atoms with Crippen LogP contribution < -0.4 is 16.0 Å². The molecule has 2 aliphatic rings. The largest absolute Gasteiger partial charge is 0.359 e. The number of aromatic nitrogens is 2. The minimum atomic E-state index is 0.0977. The molecular weight excluding hydrogens is 250 g/mol. The Bertz CT molecular complexity index is 642. The van der Waals surface area contributed by atoms with E-state index in [9.17, 15) is 0 Å². The Morgan fingerprint density at radius 2 is 1.80 bits per heavy atom. The highest BCUT2D eigenvalue weighted by atomic mass is 15.2. The number of nitrogens with one attached hydrogen (secondary N) is 4. The van der Waals surface area contributed by atoms with Gasteiger partial charge in [0.05, 0.1) is 22.8 Å². The Morgan fingerprint density at radius 3 is 2.50 bits per heavy atom. The van der Waals surface area contributed by atoms with Gasteiger partial charge in [-0.1, -0.05) is 0 Å². The Balaban J connectivity index is 1.68. The number of aryl methyl sites for hydroxylation is 2. The summed E-state index contributed by atoms with van der Waals surface area (Å²) in [5.41, 5.74) is 8.66. The van der Waals surface area contributed by atoms with E-state index in [2.05, 4.69) is 52.1 Å². The lowest BCUT2D eigenvalue weighted by molar-refractivity contribution is 0.630. The highest BCUT2D eigenvalue weighted by molar-refractivity contribution is 5.76. The molecule has 4 rings (SSSR count). The molecule has 0 fully saturated rings. The molecule has 0 saturated carbocycles. The number of rotatable bonds is 1. The van der Waals surface area contributed by atoms with E-state index >= 15 is 0 Å². The van der Waals surface area contributed by atoms with Gasteiger partial charge in [-0.3, -0.25) is 5.10 Å². The van der Waals surface area contributed by atoms with Gasteiger partial charge in [0.15, 0.2) is 0 Å². The smallest absolute Gasteiger partial charge is 0.140 e. The molecule has 4 N–H and O–H groups in total. The number of anilines is 2. The Morgan fingerprint density at radius 1 is 1.10 bits per heavy atom. The van der Waals surface area contributed by atoms with E-state index < -0.39 is 0 Å². The number of hydrogen-bond acceptors (Lipinski definition) is 4. The summed E-state index contributed by atoms with van der Waals surface area (Å²) in [5.74, 6) is 0. The van der Waals surface area contributed by atoms with Crippen LogP contribution in [0.1, 0.15) is 34.2 Å². The third-order valence-corrected chi connectivity index (χ3v) is 4.35. The van der Waals surface area contributed by atoms with Crippen molar-refractivity contribution < 1.29 is 0 Å². The van der Waals surface area contributed by atoms with Crippen LogP contribution in [-0.2, 0) is 13.0 Å². The third-order valence-electron chi connectivity index (χ3n) is 4.35. The van der Waals surface area contributed by atoms with Crippen molar-refractivity contribution in [3.05, 3.63) is 40.2 Å². The average molecular weight is 269 g/mol. The normalized spacial score (nSPS) is 17.3. The summed E-state index contributed by atoms with van der Waals surface area (Å²) in [5, 5.41) is 18.1. The first kappa shape index (κ1) is 11.8. The van der Waals surface area contributed by atoms with Gasteiger partial charge in [0.1, 0.15) is 6.17 Å². The van der Waals surface area contributed by atoms with Gasteiger partial charge >= 0.3 is 0 Å². The van der Waals surface area contributed by atoms with Gasteiger partial charge in [-0.25, -0.2) is 0 Å². The van der Waals surface area contributed by atoms with E-state index in [4.69, 9.17) is 0 Å². The van der Waals surface area contributed by atoms with Crippen molar-refractivity contribution in [2.45, 2.75) is 33.0 Å². The lowest BCUT2D eigenvalue weighted by Gasteiger charge is -2.16. The molecule has 0 spiro atoms. The summed E-state index contributed by atoms with van der Waals surface area (Å²) in [4.78, 5) is 0. The second kappa shape index (κ2) is 4.24. The minimum absolute atomic E-state index is 0.0977. The second-order valence-corrected chi connectivity index (χ2v) is 5.69. The SMILES string of the molecule is Cc1cc2c(cc1C)NC(c1[nH]nc3c1CCNC3)N2. The minimum Gasteiger partial charge on any atom is -0.359 e. The molecule has 0 unspecified atom stereocenters. The van der Waals surface area contributed by atoms with Crippen molar-refractivity contribution in [2.75, 3.05) is 17.2 Å². The monoisotopic (exact) mass is 269 g/mol. The summed E-state index contributed by atoms with van der Waals surface area (Å²) in [6.07, 6.45) is 1.13. The van der Waals surface area contributed by atoms with E-state index in [0.29, 0.717) is 0 Å². The Labute approximate surface area is 118 Å². The second-order valence-electron chi connectivity index (χ2n) is 5.69. The zero-order valence-corrected chi connectivity index (χ0v) is 11.8. The van der Waals surface area contributed by atoms with Crippen molar-refractivity contribution in [3.63, 3.8) is 0 Å². The summed E-state index contributed by atoms with van der Waals surface area (Å²) in [6, 6.07) is 4.42. The standard InChI is InChI=1S/C15H19N5/c1-8-5-11-12(6-9(8)2)18-15(17-11)14-10-3-4-16-7-13(10)19-20-14/h5-6,15-18H,3-4,7H2,1-2H3,(H,19,20). The predicted molar refractivity (Wildman–Crippen MR) is 79.9 cm³/mol. The van der Waals surface area contributed by atoms with Crippen molar-refractivity contribution in [1.82, 2.24) is 15.5 Å². The molecule has 1 aromatic heterocycles. The first-order chi connectivity index (χ1) is 9.72. The molecule has 0 bridgehead atoms. The number of nitrogens with zero attached hydrogens (tertiary/aromatic N) is 1. The molecule has 20 heavy (non-hydrogen) atoms. The quantitative estimate of drug-likeness (QED) is 0.641. The number of fused-ring (bicyclic) bond motifs is 2. The highest BCUT2D eigenvalue weighted by Crippen LogP contribution is 2.37. The van der Waals surface area contributed by atoms with E-state index in [1.54, 1.807) is 0 Å². The van der Waals surface area contributed by atoms with Crippen LogP contribution >= 0.6 is 0 Å². The van der Waals surface area contributed by atoms with E-state index in [0.717, 1.165) is 25.2 Å². The molecular formula is C15H19N5. The molecule has 5 nitrogen and oxygen atoms in total. The van der Waals surface area contributed by atoms with Crippen molar-refractivity contribution in [1.29, 1.82) is 0 Å². The maximum atomic E-state index is 4.43. The zero-order valence-electron chi connectivity index (χ0n) is 11.8. The lowest BCUT2D eigenvalue weighted by Crippen LogP contribution is -2.25. The Hall–Kier alpha value is -2.01. The van der Waals surface area contributed by atoms with Gasteiger partial charge in [0.25, 0.3) is 0 Å². The van der Waals surface area contributed by atoms with Gasteiger partial charge in [0, 0.05) is 12.1 Å². The van der Waals surface area contributed by atoms with E-state index in [1.807, 2.05) is 0 Å². The third kappa shape index (κ3) is 1.70. The van der Waals surface area contributed by atoms with Crippen LogP contribution in [0.25, 0.3) is 0 Å². The molecule has 2 aromatic rings. The number of H-pyrrole nitrogens is 1. The van der Waals surface area contributed by atoms with Gasteiger partial charge in [-0.2, -0.15) is 5.10 Å². The van der Waals surface area contributed by atoms with Crippen LogP contribution in [0.5, 0.6) is 0 Å². The molecule has 0 saturated heterocycles. The molecule has 2 aliphatic heterocycles. The van der Waals surface area contributed by atoms with E-state index in [-0.39, 0.29) is 6.17 Å². The molecule has 0 radical (unpaired) electrons. The van der Waals surface area contributed by atoms with E-state index in [1.165, 1.54) is 33.8 Å². The summed E-state index contributed by atoms with van der Waals surface area (Å²) in [7, 11) is 0. The fourth-order valence-corrected chi connectivity index (χ4v) is 3.05. The fraction of sp³-hybridized carbons (Fsp3) is 0.400. The van der Waals surface area contributed by atoms with Crippen LogP contribution in [0.2, 0.25) is 0 Å². The molecule has 0 amide bonds. The predicted octanol–water partition coefficient (Wildman–Crippen LogP) is 2.21. The van der Waals surface area contributed by atoms with Crippen molar-refractivity contribution in [3.8, 4) is 0 Å². The fourth-order valence-electron chi connectivity index (χ4n) is 3.05. The summed E-state index contributed by atoms with van der Waals surface area (Å²) >= 11 is 0. The van der Waals surface area contributed by atoms with Crippen molar-refractivity contribution >= 4 is 11.4 Å². The zero-order chi connectivity index (χ0) is 13.7. The van der Waals surface area contributed by atoms with Gasteiger partial charge in [0.2, 0.25) is 0 Å². The number of benzene rings is 1. The maximum absolute atomic E-state index is 4.43. The van der Waals surface area contributed by atoms with Crippen LogP contribution in [-0.4, -0.2) is 16.7 Å². The van der Waals surface area contributed by atoms with Gasteiger partial charge < -0.3 is 16.0 Å². The maximum Gasteiger partial charge on any atom is 0.140 e. The average Bonchev–Trinajstić information content (AvgIpc) is 3.02. The van der Waals surface area contributed by atoms with Gasteiger partial charge in [-0.15, -0.1) is 0 Å². The highest BCUT2D eigenvalue weighted by Gasteiger charge is 2.27. The van der Waals surface area contributed by atoms with Crippen LogP contribution in [0, 0.1) is 13.8 Å². The van der Waals surface area contributed by atoms with Crippen molar-refractivity contribution in [2.24, 2.45) is 0 Å². The summed E-state index contributed by atoms with van der Waals surface area (Å²) < 4.78 is 0. The number of hydrogen-bond donors (Lipinski definition) is 4. The topological polar surface area (TPSA) is 64.8 Å². The Kier molecular flexibility index (Phi) is 2.50. The molecule has 5 heteroatoms. The number of aromatic amines is 1. The van der Waals surface area contributed by atoms with Crippen LogP contribution in [0.4, 0.5) is 11.4 Å². The first-order valence-corrected chi connectivity index (χ1v) is 7.13. The molecule has 104 valence electrons. The lowest BCUT2D eigenvalue weighted by atomic mass is 10.0. The molecule has 0 aliphatic carbocycles. The van der Waals surface area contributed by atoms with Crippen LogP contribution in [0.15, 0.2) is 12.1 Å². The summed E-state index contributed by atoms with van der Waals surface area (Å²) in [6.45, 7) is 6.18. The molecule has 3 heterocycles. The van der Waals surface area contributed by atoms with Crippen LogP contribution in [0.3, 0.4) is 0 Å². The van der Waals surface area contributed by atoms with Gasteiger partial charge in [-0.05, 0) is 50.1 Å².